The summed E-state index contributed by atoms with van der Waals surface area (Å²) in [6.07, 6.45) is 19.0. The molecule has 0 radical (unpaired) electrons. The summed E-state index contributed by atoms with van der Waals surface area (Å²) >= 11 is 0. The second-order valence-electron chi connectivity index (χ2n) is 19.3. The molecule has 0 unspecified atom stereocenters. The molecule has 0 aromatic carbocycles. The maximum Gasteiger partial charge on any atom is 0.0835 e. The van der Waals surface area contributed by atoms with E-state index >= 15 is 0 Å². The van der Waals surface area contributed by atoms with Crippen molar-refractivity contribution >= 4 is 0 Å². The minimum Gasteiger partial charge on any atom is -0.381 e. The van der Waals surface area contributed by atoms with Gasteiger partial charge in [0.15, 0.2) is 0 Å². The Kier molecular flexibility index (Phi) is 23.7. The molecule has 2 rings (SSSR count). The molecule has 1 aliphatic carbocycles. The highest BCUT2D eigenvalue weighted by Crippen LogP contribution is 2.34. The van der Waals surface area contributed by atoms with Gasteiger partial charge < -0.3 is 33.2 Å². The molecule has 1 heterocycles. The fourth-order valence-electron chi connectivity index (χ4n) is 6.63. The summed E-state index contributed by atoms with van der Waals surface area (Å²) in [5.41, 5.74) is -0.0480. The molecular formula is C44H87NO7. The van der Waals surface area contributed by atoms with Crippen LogP contribution in [0.15, 0.2) is 0 Å². The number of hydrogen-bond acceptors (Lipinski definition) is 8. The van der Waals surface area contributed by atoms with E-state index in [1.54, 1.807) is 0 Å². The number of likely N-dealkylation sites (tertiary alicyclic amines) is 1. The van der Waals surface area contributed by atoms with Crippen LogP contribution in [0.3, 0.4) is 0 Å². The lowest BCUT2D eigenvalue weighted by Crippen LogP contribution is -2.55. The minimum atomic E-state index is -0.146. The highest BCUT2D eigenvalue weighted by atomic mass is 16.5. The van der Waals surface area contributed by atoms with Crippen LogP contribution in [0.4, 0.5) is 0 Å². The van der Waals surface area contributed by atoms with Gasteiger partial charge in [0.25, 0.3) is 0 Å². The van der Waals surface area contributed by atoms with Crippen LogP contribution in [0.1, 0.15) is 172 Å². The maximum atomic E-state index is 6.55. The molecule has 0 aromatic rings. The highest BCUT2D eigenvalue weighted by molar-refractivity contribution is 4.87. The number of ether oxygens (including phenoxy) is 7. The third kappa shape index (κ3) is 26.5. The first-order valence-electron chi connectivity index (χ1n) is 21.6. The first-order valence-corrected chi connectivity index (χ1v) is 21.6. The highest BCUT2D eigenvalue weighted by Gasteiger charge is 2.37. The molecule has 8 heteroatoms. The van der Waals surface area contributed by atoms with Crippen LogP contribution in [0.25, 0.3) is 0 Å². The number of hydrogen-bond donors (Lipinski definition) is 0. The summed E-state index contributed by atoms with van der Waals surface area (Å²) in [6.45, 7) is 32.2. The third-order valence-corrected chi connectivity index (χ3v) is 9.91. The second-order valence-corrected chi connectivity index (χ2v) is 19.3. The average Bonchev–Trinajstić information content (AvgIpc) is 3.00. The molecular weight excluding hydrogens is 654 g/mol. The van der Waals surface area contributed by atoms with Gasteiger partial charge in [-0.1, -0.05) is 20.8 Å². The van der Waals surface area contributed by atoms with Gasteiger partial charge in [0.2, 0.25) is 0 Å². The fourth-order valence-corrected chi connectivity index (χ4v) is 6.63. The van der Waals surface area contributed by atoms with E-state index in [0.717, 1.165) is 137 Å². The van der Waals surface area contributed by atoms with Crippen LogP contribution in [-0.4, -0.2) is 113 Å². The van der Waals surface area contributed by atoms with Crippen molar-refractivity contribution in [1.29, 1.82) is 0 Å². The van der Waals surface area contributed by atoms with E-state index in [0.29, 0.717) is 18.3 Å². The van der Waals surface area contributed by atoms with Crippen LogP contribution < -0.4 is 0 Å². The molecule has 0 spiro atoms. The number of nitrogens with zero attached hydrogens (tertiary/aromatic N) is 1. The molecule has 1 aliphatic heterocycles. The molecule has 0 amide bonds. The monoisotopic (exact) mass is 742 g/mol. The standard InChI is InChI=1S/C44H87NO7/c1-41(2,3)37-48-30-20-12-17-27-46-26-16-11-15-25-45-35-40(36-45)52-44(9,10)24-23-43(7,8)51-39-33-38(34-39)49-31-21-13-18-28-47-29-19-14-22-32-50-42(4,5)6/h38-40H,11-37H2,1-10H3. The third-order valence-electron chi connectivity index (χ3n) is 9.91. The fraction of sp³-hybridized carbons (Fsp3) is 1.00. The molecule has 1 saturated heterocycles. The van der Waals surface area contributed by atoms with Crippen LogP contribution in [0.2, 0.25) is 0 Å². The molecule has 0 N–H and O–H groups in total. The quantitative estimate of drug-likeness (QED) is 0.0616. The predicted octanol–water partition coefficient (Wildman–Crippen LogP) is 10.2. The maximum absolute atomic E-state index is 6.55. The Morgan fingerprint density at radius 2 is 0.904 bits per heavy atom. The summed E-state index contributed by atoms with van der Waals surface area (Å²) in [5.74, 6) is 0. The summed E-state index contributed by atoms with van der Waals surface area (Å²) in [7, 11) is 0. The van der Waals surface area contributed by atoms with E-state index < -0.39 is 0 Å². The van der Waals surface area contributed by atoms with Gasteiger partial charge in [-0.05, 0) is 163 Å². The van der Waals surface area contributed by atoms with Gasteiger partial charge in [-0.25, -0.2) is 0 Å². The van der Waals surface area contributed by atoms with Crippen molar-refractivity contribution in [2.45, 2.75) is 207 Å². The van der Waals surface area contributed by atoms with Crippen molar-refractivity contribution < 1.29 is 33.2 Å². The molecule has 0 bridgehead atoms. The Hall–Kier alpha value is -0.320. The van der Waals surface area contributed by atoms with Crippen LogP contribution in [0, 0.1) is 5.41 Å². The lowest BCUT2D eigenvalue weighted by molar-refractivity contribution is -0.170. The van der Waals surface area contributed by atoms with E-state index in [4.69, 9.17) is 33.2 Å². The van der Waals surface area contributed by atoms with Crippen LogP contribution in [-0.2, 0) is 33.2 Å². The van der Waals surface area contributed by atoms with Gasteiger partial charge in [-0.15, -0.1) is 0 Å². The van der Waals surface area contributed by atoms with Crippen molar-refractivity contribution in [3.8, 4) is 0 Å². The average molecular weight is 742 g/mol. The van der Waals surface area contributed by atoms with Gasteiger partial charge in [-0.2, -0.15) is 0 Å². The Bertz CT molecular complexity index is 786. The van der Waals surface area contributed by atoms with E-state index in [2.05, 4.69) is 74.1 Å². The first-order chi connectivity index (χ1) is 24.5. The van der Waals surface area contributed by atoms with Crippen molar-refractivity contribution in [3.05, 3.63) is 0 Å². The second kappa shape index (κ2) is 25.8. The molecule has 0 atom stereocenters. The Morgan fingerprint density at radius 1 is 0.462 bits per heavy atom. The molecule has 310 valence electrons. The van der Waals surface area contributed by atoms with Gasteiger partial charge >= 0.3 is 0 Å². The summed E-state index contributed by atoms with van der Waals surface area (Å²) in [5, 5.41) is 0. The predicted molar refractivity (Wildman–Crippen MR) is 216 cm³/mol. The van der Waals surface area contributed by atoms with Gasteiger partial charge in [0.1, 0.15) is 0 Å². The Balaban J connectivity index is 1.35. The van der Waals surface area contributed by atoms with Crippen molar-refractivity contribution in [2.75, 3.05) is 72.5 Å². The zero-order chi connectivity index (χ0) is 38.4. The van der Waals surface area contributed by atoms with E-state index in [-0.39, 0.29) is 22.2 Å². The van der Waals surface area contributed by atoms with Gasteiger partial charge in [0, 0.05) is 59.3 Å². The Labute approximate surface area is 322 Å². The minimum absolute atomic E-state index is 0.0294. The van der Waals surface area contributed by atoms with Crippen LogP contribution >= 0.6 is 0 Å². The zero-order valence-electron chi connectivity index (χ0n) is 36.1. The molecule has 8 nitrogen and oxygen atoms in total. The number of rotatable bonds is 33. The molecule has 2 fully saturated rings. The van der Waals surface area contributed by atoms with Crippen molar-refractivity contribution in [1.82, 2.24) is 4.90 Å². The normalized spacial score (nSPS) is 19.3. The van der Waals surface area contributed by atoms with Crippen LogP contribution in [0.5, 0.6) is 0 Å². The summed E-state index contributed by atoms with van der Waals surface area (Å²) in [6, 6.07) is 0. The molecule has 52 heavy (non-hydrogen) atoms. The number of unbranched alkanes of at least 4 members (excludes halogenated alkanes) is 8. The Morgan fingerprint density at radius 3 is 1.40 bits per heavy atom. The smallest absolute Gasteiger partial charge is 0.0835 e. The van der Waals surface area contributed by atoms with Gasteiger partial charge in [0.05, 0.1) is 41.7 Å². The SMILES string of the molecule is CC(C)(C)COCCCCCOCCCCCN1CC(OC(C)(C)CCC(C)(C)OC2CC(OCCCCCOCCCCCOC(C)(C)C)C2)C1. The summed E-state index contributed by atoms with van der Waals surface area (Å²) < 4.78 is 42.4. The molecule has 0 aromatic heterocycles. The lowest BCUT2D eigenvalue weighted by atomic mass is 9.89. The first kappa shape index (κ1) is 47.8. The molecule has 2 aliphatic rings. The van der Waals surface area contributed by atoms with E-state index in [9.17, 15) is 0 Å². The summed E-state index contributed by atoms with van der Waals surface area (Å²) in [4.78, 5) is 2.54. The van der Waals surface area contributed by atoms with Gasteiger partial charge in [-0.3, -0.25) is 4.90 Å². The molecule has 1 saturated carbocycles. The van der Waals surface area contributed by atoms with Crippen molar-refractivity contribution in [3.63, 3.8) is 0 Å². The topological polar surface area (TPSA) is 67.9 Å². The zero-order valence-corrected chi connectivity index (χ0v) is 36.1. The lowest BCUT2D eigenvalue weighted by Gasteiger charge is -2.44. The van der Waals surface area contributed by atoms with Crippen molar-refractivity contribution in [2.24, 2.45) is 5.41 Å². The largest absolute Gasteiger partial charge is 0.381 e. The van der Waals surface area contributed by atoms with E-state index in [1.165, 1.54) is 38.6 Å². The van der Waals surface area contributed by atoms with E-state index in [1.807, 2.05) is 0 Å².